The summed E-state index contributed by atoms with van der Waals surface area (Å²) in [5.74, 6) is -0.849. The Morgan fingerprint density at radius 3 is 2.47 bits per heavy atom. The first-order valence-electron chi connectivity index (χ1n) is 5.28. The highest BCUT2D eigenvalue weighted by Crippen LogP contribution is 2.04. The first-order valence-corrected chi connectivity index (χ1v) is 6.27. The summed E-state index contributed by atoms with van der Waals surface area (Å²) < 4.78 is 0. The third kappa shape index (κ3) is 9.83. The molecule has 0 heterocycles. The molecule has 0 bridgehead atoms. The van der Waals surface area contributed by atoms with E-state index in [9.17, 15) is 24.5 Å². The maximum Gasteiger partial charge on any atom is 0.294 e. The standard InChI is InChI=1S/C9H15N3O6S/c1-6(13)11-8(5-19-7(2)14)9(15)10-3-4-18-12(16)17/h8H,3-5H2,1-2H3,(H,10,15)(H,11,13)/t8-/m0/s1. The van der Waals surface area contributed by atoms with Crippen molar-refractivity contribution in [3.8, 4) is 0 Å². The molecule has 108 valence electrons. The van der Waals surface area contributed by atoms with Crippen LogP contribution in [0.4, 0.5) is 0 Å². The van der Waals surface area contributed by atoms with E-state index in [0.29, 0.717) is 0 Å². The van der Waals surface area contributed by atoms with E-state index in [2.05, 4.69) is 15.5 Å². The number of carbonyl (C=O) groups is 3. The van der Waals surface area contributed by atoms with Crippen LogP contribution in [0.15, 0.2) is 0 Å². The molecule has 10 heteroatoms. The summed E-state index contributed by atoms with van der Waals surface area (Å²) >= 11 is 0.900. The van der Waals surface area contributed by atoms with Crippen LogP contribution in [0.3, 0.4) is 0 Å². The molecular formula is C9H15N3O6S. The van der Waals surface area contributed by atoms with Crippen molar-refractivity contribution in [1.29, 1.82) is 0 Å². The predicted octanol–water partition coefficient (Wildman–Crippen LogP) is -0.905. The summed E-state index contributed by atoms with van der Waals surface area (Å²) in [6, 6.07) is -0.873. The molecule has 0 aliphatic rings. The number of rotatable bonds is 8. The molecule has 0 aromatic heterocycles. The Labute approximate surface area is 113 Å². The fourth-order valence-corrected chi connectivity index (χ4v) is 1.68. The number of thioether (sulfide) groups is 1. The number of hydrogen-bond acceptors (Lipinski definition) is 7. The minimum absolute atomic E-state index is 0.0688. The fraction of sp³-hybridized carbons (Fsp3) is 0.667. The molecule has 0 aromatic carbocycles. The highest BCUT2D eigenvalue weighted by atomic mass is 32.2. The van der Waals surface area contributed by atoms with Gasteiger partial charge in [0.05, 0.1) is 0 Å². The molecule has 2 amide bonds. The zero-order chi connectivity index (χ0) is 14.8. The lowest BCUT2D eigenvalue weighted by atomic mass is 10.3. The predicted molar refractivity (Wildman–Crippen MR) is 66.7 cm³/mol. The Morgan fingerprint density at radius 1 is 1.37 bits per heavy atom. The Kier molecular flexibility index (Phi) is 8.25. The Hall–Kier alpha value is -1.84. The molecule has 2 N–H and O–H groups in total. The molecule has 1 atom stereocenters. The molecular weight excluding hydrogens is 278 g/mol. The van der Waals surface area contributed by atoms with Gasteiger partial charge in [-0.1, -0.05) is 11.8 Å². The van der Waals surface area contributed by atoms with Gasteiger partial charge in [-0.2, -0.15) is 0 Å². The maximum absolute atomic E-state index is 11.7. The van der Waals surface area contributed by atoms with Crippen molar-refractivity contribution < 1.29 is 24.3 Å². The second-order valence-electron chi connectivity index (χ2n) is 3.40. The minimum atomic E-state index is -0.969. The molecule has 0 saturated carbocycles. The van der Waals surface area contributed by atoms with Crippen LogP contribution in [0, 0.1) is 10.1 Å². The van der Waals surface area contributed by atoms with E-state index in [1.165, 1.54) is 13.8 Å². The van der Waals surface area contributed by atoms with Gasteiger partial charge in [-0.05, 0) is 0 Å². The normalized spacial score (nSPS) is 11.3. The van der Waals surface area contributed by atoms with Crippen LogP contribution in [-0.4, -0.2) is 47.0 Å². The first-order chi connectivity index (χ1) is 8.82. The van der Waals surface area contributed by atoms with Gasteiger partial charge in [-0.3, -0.25) is 14.4 Å². The van der Waals surface area contributed by atoms with Crippen LogP contribution in [0.1, 0.15) is 13.8 Å². The zero-order valence-corrected chi connectivity index (χ0v) is 11.3. The first kappa shape index (κ1) is 17.2. The van der Waals surface area contributed by atoms with Gasteiger partial charge < -0.3 is 15.5 Å². The van der Waals surface area contributed by atoms with Gasteiger partial charge in [0.15, 0.2) is 5.12 Å². The van der Waals surface area contributed by atoms with Gasteiger partial charge >= 0.3 is 0 Å². The quantitative estimate of drug-likeness (QED) is 0.337. The minimum Gasteiger partial charge on any atom is -0.352 e. The highest BCUT2D eigenvalue weighted by Gasteiger charge is 2.19. The summed E-state index contributed by atoms with van der Waals surface area (Å²) in [4.78, 5) is 47.3. The number of hydrogen-bond donors (Lipinski definition) is 2. The van der Waals surface area contributed by atoms with Gasteiger partial charge in [-0.25, -0.2) is 0 Å². The molecule has 0 radical (unpaired) electrons. The van der Waals surface area contributed by atoms with Crippen LogP contribution in [0.2, 0.25) is 0 Å². The summed E-state index contributed by atoms with van der Waals surface area (Å²) in [7, 11) is 0. The number of nitrogens with one attached hydrogen (secondary N) is 2. The lowest BCUT2D eigenvalue weighted by molar-refractivity contribution is -0.757. The van der Waals surface area contributed by atoms with Crippen molar-refractivity contribution in [3.63, 3.8) is 0 Å². The van der Waals surface area contributed by atoms with E-state index in [-0.39, 0.29) is 24.0 Å². The van der Waals surface area contributed by atoms with Gasteiger partial charge in [0.25, 0.3) is 5.09 Å². The number of carbonyl (C=O) groups excluding carboxylic acids is 3. The van der Waals surface area contributed by atoms with Gasteiger partial charge in [0, 0.05) is 26.1 Å². The largest absolute Gasteiger partial charge is 0.352 e. The van der Waals surface area contributed by atoms with Crippen molar-refractivity contribution in [1.82, 2.24) is 10.6 Å². The summed E-state index contributed by atoms with van der Waals surface area (Å²) in [5, 5.41) is 13.5. The lowest BCUT2D eigenvalue weighted by Gasteiger charge is -2.16. The SMILES string of the molecule is CC(=O)N[C@@H](CSC(C)=O)C(=O)NCCO[N+](=O)[O-]. The second-order valence-corrected chi connectivity index (χ2v) is 4.60. The molecule has 9 nitrogen and oxygen atoms in total. The Morgan fingerprint density at radius 2 is 2.00 bits per heavy atom. The average Bonchev–Trinajstić information content (AvgIpc) is 2.28. The fourth-order valence-electron chi connectivity index (χ4n) is 1.05. The van der Waals surface area contributed by atoms with Gasteiger partial charge in [-0.15, -0.1) is 10.1 Å². The summed E-state index contributed by atoms with van der Waals surface area (Å²) in [5.41, 5.74) is 0. The third-order valence-corrected chi connectivity index (χ3v) is 2.65. The van der Waals surface area contributed by atoms with E-state index < -0.39 is 22.9 Å². The molecule has 0 aromatic rings. The smallest absolute Gasteiger partial charge is 0.294 e. The molecule has 0 aliphatic heterocycles. The van der Waals surface area contributed by atoms with E-state index in [1.54, 1.807) is 0 Å². The lowest BCUT2D eigenvalue weighted by Crippen LogP contribution is -2.48. The van der Waals surface area contributed by atoms with Crippen LogP contribution >= 0.6 is 11.8 Å². The van der Waals surface area contributed by atoms with E-state index in [0.717, 1.165) is 11.8 Å². The Bertz CT molecular complexity index is 362. The molecule has 0 aliphatic carbocycles. The van der Waals surface area contributed by atoms with Crippen molar-refractivity contribution in [2.45, 2.75) is 19.9 Å². The molecule has 19 heavy (non-hydrogen) atoms. The van der Waals surface area contributed by atoms with Crippen molar-refractivity contribution in [2.75, 3.05) is 18.9 Å². The molecule has 0 saturated heterocycles. The average molecular weight is 293 g/mol. The van der Waals surface area contributed by atoms with Gasteiger partial charge in [0.2, 0.25) is 11.8 Å². The molecule has 0 fully saturated rings. The van der Waals surface area contributed by atoms with Crippen LogP contribution < -0.4 is 10.6 Å². The van der Waals surface area contributed by atoms with Gasteiger partial charge in [0.1, 0.15) is 12.6 Å². The maximum atomic E-state index is 11.7. The summed E-state index contributed by atoms with van der Waals surface area (Å²) in [6.07, 6.45) is 0. The molecule has 0 rings (SSSR count). The zero-order valence-electron chi connectivity index (χ0n) is 10.5. The van der Waals surface area contributed by atoms with Crippen molar-refractivity contribution >= 4 is 28.7 Å². The van der Waals surface area contributed by atoms with E-state index in [4.69, 9.17) is 0 Å². The highest BCUT2D eigenvalue weighted by molar-refractivity contribution is 8.13. The van der Waals surface area contributed by atoms with E-state index in [1.807, 2.05) is 0 Å². The molecule has 0 unspecified atom stereocenters. The van der Waals surface area contributed by atoms with Crippen molar-refractivity contribution in [3.05, 3.63) is 10.1 Å². The van der Waals surface area contributed by atoms with Crippen LogP contribution in [-0.2, 0) is 19.2 Å². The van der Waals surface area contributed by atoms with Crippen molar-refractivity contribution in [2.24, 2.45) is 0 Å². The second kappa shape index (κ2) is 9.14. The van der Waals surface area contributed by atoms with Crippen LogP contribution in [0.5, 0.6) is 0 Å². The van der Waals surface area contributed by atoms with E-state index >= 15 is 0 Å². The topological polar surface area (TPSA) is 128 Å². The Balaban J connectivity index is 4.17. The number of nitrogens with zero attached hydrogens (tertiary/aromatic N) is 1. The molecule has 0 spiro atoms. The monoisotopic (exact) mass is 293 g/mol. The third-order valence-electron chi connectivity index (χ3n) is 1.75. The summed E-state index contributed by atoms with van der Waals surface area (Å²) in [6.45, 7) is 2.24. The van der Waals surface area contributed by atoms with Crippen LogP contribution in [0.25, 0.3) is 0 Å². The number of amides is 2.